The van der Waals surface area contributed by atoms with Crippen LogP contribution in [0, 0.1) is 13.8 Å². The molecule has 0 aliphatic heterocycles. The zero-order chi connectivity index (χ0) is 25.5. The van der Waals surface area contributed by atoms with Crippen LogP contribution in [0.2, 0.25) is 0 Å². The number of carbonyl (C=O) groups excluding carboxylic acids is 1. The van der Waals surface area contributed by atoms with Gasteiger partial charge in [-0.1, -0.05) is 42.0 Å². The van der Waals surface area contributed by atoms with Gasteiger partial charge in [0.2, 0.25) is 0 Å². The number of nitrogens with one attached hydrogen (secondary N) is 1. The molecular formula is C27H32N2O5S. The van der Waals surface area contributed by atoms with Crippen LogP contribution in [0.3, 0.4) is 0 Å². The number of thiazole rings is 1. The molecule has 2 atom stereocenters. The summed E-state index contributed by atoms with van der Waals surface area (Å²) in [6, 6.07) is 15.2. The summed E-state index contributed by atoms with van der Waals surface area (Å²) in [6.45, 7) is 9.95. The minimum Gasteiger partial charge on any atom is -0.494 e. The first kappa shape index (κ1) is 26.4. The minimum atomic E-state index is -1.13. The van der Waals surface area contributed by atoms with Crippen LogP contribution in [0.1, 0.15) is 53.2 Å². The average Bonchev–Trinajstić information content (AvgIpc) is 3.21. The summed E-state index contributed by atoms with van der Waals surface area (Å²) in [5.41, 5.74) is 3.17. The van der Waals surface area contributed by atoms with Gasteiger partial charge in [-0.15, -0.1) is 11.3 Å². The van der Waals surface area contributed by atoms with Gasteiger partial charge in [0.25, 0.3) is 5.91 Å². The van der Waals surface area contributed by atoms with Crippen LogP contribution in [-0.4, -0.2) is 47.3 Å². The van der Waals surface area contributed by atoms with Gasteiger partial charge >= 0.3 is 5.97 Å². The zero-order valence-electron chi connectivity index (χ0n) is 20.7. The third kappa shape index (κ3) is 6.90. The maximum Gasteiger partial charge on any atom is 0.333 e. The fourth-order valence-electron chi connectivity index (χ4n) is 3.71. The van der Waals surface area contributed by atoms with E-state index in [-0.39, 0.29) is 18.6 Å². The molecule has 3 aromatic rings. The third-order valence-electron chi connectivity index (χ3n) is 5.44. The zero-order valence-corrected chi connectivity index (χ0v) is 21.5. The van der Waals surface area contributed by atoms with Gasteiger partial charge in [-0.25, -0.2) is 9.78 Å². The number of rotatable bonds is 11. The second kappa shape index (κ2) is 12.0. The summed E-state index contributed by atoms with van der Waals surface area (Å²) in [6.07, 6.45) is -1.43. The van der Waals surface area contributed by atoms with E-state index in [1.165, 1.54) is 11.3 Å². The number of nitrogens with zero attached hydrogens (tertiary/aromatic N) is 1. The molecule has 1 amide bonds. The largest absolute Gasteiger partial charge is 0.494 e. The van der Waals surface area contributed by atoms with E-state index in [0.29, 0.717) is 18.1 Å². The molecular weight excluding hydrogens is 464 g/mol. The summed E-state index contributed by atoms with van der Waals surface area (Å²) in [4.78, 5) is 30.5. The van der Waals surface area contributed by atoms with Gasteiger partial charge in [0, 0.05) is 22.9 Å². The summed E-state index contributed by atoms with van der Waals surface area (Å²) < 4.78 is 11.2. The highest BCUT2D eigenvalue weighted by molar-refractivity contribution is 7.15. The normalized spacial score (nSPS) is 12.9. The van der Waals surface area contributed by atoms with Crippen molar-refractivity contribution in [2.24, 2.45) is 0 Å². The van der Waals surface area contributed by atoms with E-state index in [2.05, 4.69) is 10.3 Å². The number of hydrogen-bond acceptors (Lipinski definition) is 6. The smallest absolute Gasteiger partial charge is 0.333 e. The van der Waals surface area contributed by atoms with E-state index in [9.17, 15) is 14.7 Å². The van der Waals surface area contributed by atoms with Crippen LogP contribution in [-0.2, 0) is 9.53 Å². The lowest BCUT2D eigenvalue weighted by molar-refractivity contribution is -0.155. The predicted molar refractivity (Wildman–Crippen MR) is 137 cm³/mol. The molecule has 0 radical (unpaired) electrons. The molecule has 35 heavy (non-hydrogen) atoms. The molecule has 0 spiro atoms. The van der Waals surface area contributed by atoms with E-state index in [4.69, 9.17) is 9.47 Å². The quantitative estimate of drug-likeness (QED) is 0.378. The number of aryl methyl sites for hydroxylation is 2. The Labute approximate surface area is 210 Å². The van der Waals surface area contributed by atoms with Crippen molar-refractivity contribution in [3.05, 3.63) is 70.2 Å². The van der Waals surface area contributed by atoms with E-state index < -0.39 is 18.0 Å². The van der Waals surface area contributed by atoms with Crippen molar-refractivity contribution in [1.82, 2.24) is 10.3 Å². The molecule has 0 aliphatic rings. The highest BCUT2D eigenvalue weighted by atomic mass is 32.1. The van der Waals surface area contributed by atoms with E-state index >= 15 is 0 Å². The molecule has 2 aromatic carbocycles. The number of carbonyl (C=O) groups is 2. The highest BCUT2D eigenvalue weighted by Gasteiger charge is 2.32. The molecule has 3 rings (SSSR count). The highest BCUT2D eigenvalue weighted by Crippen LogP contribution is 2.29. The van der Waals surface area contributed by atoms with Gasteiger partial charge in [-0.2, -0.15) is 0 Å². The molecule has 0 saturated heterocycles. The monoisotopic (exact) mass is 496 g/mol. The summed E-state index contributed by atoms with van der Waals surface area (Å²) in [5.74, 6) is -1.34. The second-order valence-electron chi connectivity index (χ2n) is 8.55. The molecule has 0 fully saturated rings. The topological polar surface area (TPSA) is 97.8 Å². The van der Waals surface area contributed by atoms with E-state index in [0.717, 1.165) is 26.6 Å². The Balaban J connectivity index is 1.83. The Bertz CT molecular complexity index is 1140. The lowest BCUT2D eigenvalue weighted by atomic mass is 9.92. The summed E-state index contributed by atoms with van der Waals surface area (Å²) >= 11 is 1.45. The Morgan fingerprint density at radius 3 is 2.29 bits per heavy atom. The van der Waals surface area contributed by atoms with Crippen LogP contribution in [0.4, 0.5) is 0 Å². The molecule has 1 heterocycles. The van der Waals surface area contributed by atoms with Crippen LogP contribution in [0.25, 0.3) is 10.6 Å². The maximum absolute atomic E-state index is 13.1. The SMILES string of the molecule is CCOc1ccc(C(CNC(=O)c2nc(-c3ccc(C)cc3)sc2C)C(OC(C)C)C(=O)O)cc1. The molecule has 8 heteroatoms. The van der Waals surface area contributed by atoms with Gasteiger partial charge in [0.1, 0.15) is 16.5 Å². The molecule has 2 N–H and O–H groups in total. The van der Waals surface area contributed by atoms with Crippen LogP contribution in [0.15, 0.2) is 48.5 Å². The van der Waals surface area contributed by atoms with Gasteiger partial charge in [0.05, 0.1) is 12.7 Å². The van der Waals surface area contributed by atoms with Gasteiger partial charge in [-0.05, 0) is 52.3 Å². The number of aromatic nitrogens is 1. The average molecular weight is 497 g/mol. The lowest BCUT2D eigenvalue weighted by Crippen LogP contribution is -2.40. The van der Waals surface area contributed by atoms with Crippen LogP contribution >= 0.6 is 11.3 Å². The van der Waals surface area contributed by atoms with Gasteiger partial charge in [0.15, 0.2) is 6.10 Å². The van der Waals surface area contributed by atoms with Gasteiger partial charge < -0.3 is 19.9 Å². The van der Waals surface area contributed by atoms with Crippen molar-refractivity contribution in [2.75, 3.05) is 13.2 Å². The number of ether oxygens (including phenoxy) is 2. The molecule has 2 unspecified atom stereocenters. The lowest BCUT2D eigenvalue weighted by Gasteiger charge is -2.26. The number of aliphatic carboxylic acids is 1. The fraction of sp³-hybridized carbons (Fsp3) is 0.370. The Morgan fingerprint density at radius 2 is 1.71 bits per heavy atom. The van der Waals surface area contributed by atoms with E-state index in [1.54, 1.807) is 26.0 Å². The number of carboxylic acid groups (broad SMARTS) is 1. The molecule has 0 aliphatic carbocycles. The molecule has 1 aromatic heterocycles. The third-order valence-corrected chi connectivity index (χ3v) is 6.46. The van der Waals surface area contributed by atoms with Crippen molar-refractivity contribution in [1.29, 1.82) is 0 Å². The number of hydrogen-bond donors (Lipinski definition) is 2. The molecule has 0 saturated carbocycles. The molecule has 7 nitrogen and oxygen atoms in total. The van der Waals surface area contributed by atoms with Crippen molar-refractivity contribution in [3.8, 4) is 16.3 Å². The Morgan fingerprint density at radius 1 is 1.06 bits per heavy atom. The van der Waals surface area contributed by atoms with Crippen molar-refractivity contribution in [2.45, 2.75) is 52.7 Å². The van der Waals surface area contributed by atoms with Gasteiger partial charge in [-0.3, -0.25) is 4.79 Å². The fourth-order valence-corrected chi connectivity index (χ4v) is 4.62. The second-order valence-corrected chi connectivity index (χ2v) is 9.76. The first-order valence-corrected chi connectivity index (χ1v) is 12.4. The number of amides is 1. The molecule has 0 bridgehead atoms. The van der Waals surface area contributed by atoms with Crippen molar-refractivity contribution < 1.29 is 24.2 Å². The van der Waals surface area contributed by atoms with Crippen LogP contribution in [0.5, 0.6) is 5.75 Å². The predicted octanol–water partition coefficient (Wildman–Crippen LogP) is 5.22. The molecule has 186 valence electrons. The standard InChI is InChI=1S/C27H32N2O5S/c1-6-33-21-13-11-19(12-14-21)22(24(27(31)32)34-16(2)3)15-28-25(30)23-18(5)35-26(29-23)20-9-7-17(4)8-10-20/h7-14,16,22,24H,6,15H2,1-5H3,(H,28,30)(H,31,32). The van der Waals surface area contributed by atoms with Crippen LogP contribution < -0.4 is 10.1 Å². The summed E-state index contributed by atoms with van der Waals surface area (Å²) in [5, 5.41) is 13.6. The summed E-state index contributed by atoms with van der Waals surface area (Å²) in [7, 11) is 0. The first-order chi connectivity index (χ1) is 16.7. The Kier molecular flexibility index (Phi) is 9.01. The Hall–Kier alpha value is -3.23. The minimum absolute atomic E-state index is 0.0767. The first-order valence-electron chi connectivity index (χ1n) is 11.6. The maximum atomic E-state index is 13.1. The number of carboxylic acids is 1. The van der Waals surface area contributed by atoms with E-state index in [1.807, 2.05) is 57.2 Å². The van der Waals surface area contributed by atoms with Crippen molar-refractivity contribution in [3.63, 3.8) is 0 Å². The number of benzene rings is 2. The van der Waals surface area contributed by atoms with Crippen molar-refractivity contribution >= 4 is 23.2 Å².